The number of ether oxygens (including phenoxy) is 1. The Hall–Kier alpha value is -1.56. The maximum atomic E-state index is 11.9. The number of likely N-dealkylation sites (tertiary alicyclic amines) is 1. The number of thiophene rings is 1. The van der Waals surface area contributed by atoms with E-state index in [0.29, 0.717) is 26.1 Å². The van der Waals surface area contributed by atoms with Crippen LogP contribution in [0.4, 0.5) is 4.79 Å². The highest BCUT2D eigenvalue weighted by Gasteiger charge is 2.24. The second-order valence-electron chi connectivity index (χ2n) is 5.46. The quantitative estimate of drug-likeness (QED) is 0.875. The van der Waals surface area contributed by atoms with Crippen molar-refractivity contribution >= 4 is 23.3 Å². The Morgan fingerprint density at radius 2 is 2.18 bits per heavy atom. The molecule has 22 heavy (non-hydrogen) atoms. The summed E-state index contributed by atoms with van der Waals surface area (Å²) in [5, 5.41) is 5.14. The van der Waals surface area contributed by atoms with Crippen molar-refractivity contribution in [3.8, 4) is 0 Å². The Kier molecular flexibility index (Phi) is 6.71. The number of nitrogens with zero attached hydrogens (tertiary/aromatic N) is 1. The van der Waals surface area contributed by atoms with Crippen molar-refractivity contribution in [2.45, 2.75) is 45.1 Å². The summed E-state index contributed by atoms with van der Waals surface area (Å²) in [5.41, 5.74) is 0. The van der Waals surface area contributed by atoms with Crippen molar-refractivity contribution in [1.82, 2.24) is 10.2 Å². The number of amides is 2. The third-order valence-electron chi connectivity index (χ3n) is 3.79. The number of carbonyl (C=O) groups excluding carboxylic acids is 2. The Balaban J connectivity index is 1.61. The highest BCUT2D eigenvalue weighted by atomic mass is 32.1. The van der Waals surface area contributed by atoms with Gasteiger partial charge in [-0.3, -0.25) is 4.79 Å². The van der Waals surface area contributed by atoms with Gasteiger partial charge >= 0.3 is 6.09 Å². The summed E-state index contributed by atoms with van der Waals surface area (Å²) in [7, 11) is 0. The Labute approximate surface area is 135 Å². The highest BCUT2D eigenvalue weighted by molar-refractivity contribution is 7.09. The molecular weight excluding hydrogens is 300 g/mol. The predicted molar refractivity (Wildman–Crippen MR) is 87.0 cm³/mol. The van der Waals surface area contributed by atoms with E-state index in [-0.39, 0.29) is 18.0 Å². The van der Waals surface area contributed by atoms with Crippen LogP contribution in [-0.2, 0) is 16.0 Å². The van der Waals surface area contributed by atoms with Crippen LogP contribution in [0, 0.1) is 0 Å². The van der Waals surface area contributed by atoms with Crippen molar-refractivity contribution in [3.63, 3.8) is 0 Å². The first-order valence-electron chi connectivity index (χ1n) is 7.92. The summed E-state index contributed by atoms with van der Waals surface area (Å²) in [5.74, 6) is 0.117. The van der Waals surface area contributed by atoms with E-state index in [9.17, 15) is 9.59 Å². The third kappa shape index (κ3) is 5.33. The summed E-state index contributed by atoms with van der Waals surface area (Å²) >= 11 is 1.74. The molecule has 2 heterocycles. The lowest BCUT2D eigenvalue weighted by molar-refractivity contribution is -0.122. The van der Waals surface area contributed by atoms with Crippen molar-refractivity contribution in [2.75, 3.05) is 19.7 Å². The smallest absolute Gasteiger partial charge is 0.409 e. The van der Waals surface area contributed by atoms with Gasteiger partial charge in [0.2, 0.25) is 5.91 Å². The molecule has 1 N–H and O–H groups in total. The highest BCUT2D eigenvalue weighted by Crippen LogP contribution is 2.14. The molecule has 1 fully saturated rings. The fourth-order valence-electron chi connectivity index (χ4n) is 2.60. The summed E-state index contributed by atoms with van der Waals surface area (Å²) in [4.78, 5) is 26.6. The topological polar surface area (TPSA) is 58.6 Å². The van der Waals surface area contributed by atoms with Crippen LogP contribution in [0.2, 0.25) is 0 Å². The molecule has 0 aliphatic carbocycles. The Morgan fingerprint density at radius 3 is 2.82 bits per heavy atom. The molecule has 1 aliphatic heterocycles. The number of rotatable bonds is 6. The lowest BCUT2D eigenvalue weighted by Gasteiger charge is -2.31. The minimum atomic E-state index is -0.247. The second-order valence-corrected chi connectivity index (χ2v) is 6.49. The lowest BCUT2D eigenvalue weighted by Crippen LogP contribution is -2.46. The number of hydrogen-bond acceptors (Lipinski definition) is 4. The molecular formula is C16H24N2O3S. The zero-order chi connectivity index (χ0) is 15.8. The average Bonchev–Trinajstić information content (AvgIpc) is 3.01. The van der Waals surface area contributed by atoms with Crippen molar-refractivity contribution < 1.29 is 14.3 Å². The first kappa shape index (κ1) is 16.8. The fourth-order valence-corrected chi connectivity index (χ4v) is 3.35. The molecule has 0 saturated carbocycles. The van der Waals surface area contributed by atoms with Gasteiger partial charge in [-0.05, 0) is 44.1 Å². The van der Waals surface area contributed by atoms with Gasteiger partial charge < -0.3 is 15.0 Å². The maximum absolute atomic E-state index is 11.9. The molecule has 0 unspecified atom stereocenters. The van der Waals surface area contributed by atoms with Gasteiger partial charge in [0.1, 0.15) is 0 Å². The summed E-state index contributed by atoms with van der Waals surface area (Å²) in [6, 6.07) is 4.32. The standard InChI is InChI=1S/C16H24N2O3S/c1-2-21-16(20)18-10-8-13(9-11-18)17-15(19)7-3-5-14-6-4-12-22-14/h4,6,12-13H,2-3,5,7-11H2,1H3,(H,17,19). The van der Waals surface area contributed by atoms with E-state index in [1.54, 1.807) is 23.2 Å². The molecule has 0 bridgehead atoms. The number of carbonyl (C=O) groups is 2. The van der Waals surface area contributed by atoms with Crippen LogP contribution in [0.15, 0.2) is 17.5 Å². The predicted octanol–water partition coefficient (Wildman–Crippen LogP) is 2.81. The first-order valence-corrected chi connectivity index (χ1v) is 8.80. The zero-order valence-electron chi connectivity index (χ0n) is 13.0. The van der Waals surface area contributed by atoms with Crippen LogP contribution >= 0.6 is 11.3 Å². The molecule has 1 saturated heterocycles. The minimum Gasteiger partial charge on any atom is -0.450 e. The molecule has 0 aromatic carbocycles. The molecule has 0 radical (unpaired) electrons. The van der Waals surface area contributed by atoms with Gasteiger partial charge in [-0.25, -0.2) is 4.79 Å². The first-order chi connectivity index (χ1) is 10.7. The molecule has 5 nitrogen and oxygen atoms in total. The molecule has 1 aromatic heterocycles. The SMILES string of the molecule is CCOC(=O)N1CCC(NC(=O)CCCc2cccs2)CC1. The van der Waals surface area contributed by atoms with Crippen molar-refractivity contribution in [2.24, 2.45) is 0 Å². The lowest BCUT2D eigenvalue weighted by atomic mass is 10.0. The van der Waals surface area contributed by atoms with Gasteiger partial charge in [-0.1, -0.05) is 6.07 Å². The maximum Gasteiger partial charge on any atom is 0.409 e. The van der Waals surface area contributed by atoms with Crippen LogP contribution in [0.3, 0.4) is 0 Å². The molecule has 1 aliphatic rings. The molecule has 122 valence electrons. The number of piperidine rings is 1. The number of nitrogens with one attached hydrogen (secondary N) is 1. The van der Waals surface area contributed by atoms with Gasteiger partial charge in [-0.15, -0.1) is 11.3 Å². The fraction of sp³-hybridized carbons (Fsp3) is 0.625. The molecule has 2 rings (SSSR count). The van der Waals surface area contributed by atoms with Crippen LogP contribution in [-0.4, -0.2) is 42.6 Å². The molecule has 0 spiro atoms. The normalized spacial score (nSPS) is 15.6. The molecule has 6 heteroatoms. The minimum absolute atomic E-state index is 0.117. The largest absolute Gasteiger partial charge is 0.450 e. The van der Waals surface area contributed by atoms with E-state index in [0.717, 1.165) is 25.7 Å². The molecule has 0 atom stereocenters. The van der Waals surface area contributed by atoms with E-state index >= 15 is 0 Å². The summed E-state index contributed by atoms with van der Waals surface area (Å²) in [6.45, 7) is 3.51. The van der Waals surface area contributed by atoms with Gasteiger partial charge in [0.25, 0.3) is 0 Å². The van der Waals surface area contributed by atoms with Crippen LogP contribution in [0.25, 0.3) is 0 Å². The van der Waals surface area contributed by atoms with Crippen LogP contribution < -0.4 is 5.32 Å². The molecule has 1 aromatic rings. The number of hydrogen-bond donors (Lipinski definition) is 1. The van der Waals surface area contributed by atoms with Crippen LogP contribution in [0.5, 0.6) is 0 Å². The van der Waals surface area contributed by atoms with E-state index in [4.69, 9.17) is 4.74 Å². The third-order valence-corrected chi connectivity index (χ3v) is 4.73. The number of aryl methyl sites for hydroxylation is 1. The van der Waals surface area contributed by atoms with Gasteiger partial charge in [0.15, 0.2) is 0 Å². The Bertz CT molecular complexity index is 468. The monoisotopic (exact) mass is 324 g/mol. The van der Waals surface area contributed by atoms with Gasteiger partial charge in [0, 0.05) is 30.4 Å². The molecule has 2 amide bonds. The van der Waals surface area contributed by atoms with Crippen LogP contribution in [0.1, 0.15) is 37.5 Å². The second kappa shape index (κ2) is 8.78. The summed E-state index contributed by atoms with van der Waals surface area (Å²) < 4.78 is 4.99. The van der Waals surface area contributed by atoms with Gasteiger partial charge in [-0.2, -0.15) is 0 Å². The van der Waals surface area contributed by atoms with E-state index in [1.807, 2.05) is 6.07 Å². The Morgan fingerprint density at radius 1 is 1.41 bits per heavy atom. The summed E-state index contributed by atoms with van der Waals surface area (Å²) in [6.07, 6.45) is 3.77. The van der Waals surface area contributed by atoms with Gasteiger partial charge in [0.05, 0.1) is 6.61 Å². The van der Waals surface area contributed by atoms with Crippen molar-refractivity contribution in [1.29, 1.82) is 0 Å². The van der Waals surface area contributed by atoms with Crippen molar-refractivity contribution in [3.05, 3.63) is 22.4 Å². The van der Waals surface area contributed by atoms with E-state index < -0.39 is 0 Å². The van der Waals surface area contributed by atoms with E-state index in [2.05, 4.69) is 16.8 Å². The zero-order valence-corrected chi connectivity index (χ0v) is 13.9. The van der Waals surface area contributed by atoms with E-state index in [1.165, 1.54) is 4.88 Å². The average molecular weight is 324 g/mol.